The van der Waals surface area contributed by atoms with Crippen molar-refractivity contribution in [2.75, 3.05) is 4.90 Å². The Morgan fingerprint density at radius 2 is 0.923 bits per heavy atom. The fourth-order valence-electron chi connectivity index (χ4n) is 7.55. The Labute approximate surface area is 301 Å². The van der Waals surface area contributed by atoms with Crippen LogP contribution < -0.4 is 4.90 Å². The van der Waals surface area contributed by atoms with Gasteiger partial charge in [-0.1, -0.05) is 146 Å². The highest BCUT2D eigenvalue weighted by Crippen LogP contribution is 2.43. The maximum Gasteiger partial charge on any atom is 0.227 e. The Morgan fingerprint density at radius 3 is 1.65 bits per heavy atom. The lowest BCUT2D eigenvalue weighted by Gasteiger charge is -2.27. The molecule has 0 atom stereocenters. The Hall–Kier alpha value is -6.97. The summed E-state index contributed by atoms with van der Waals surface area (Å²) >= 11 is 0. The van der Waals surface area contributed by atoms with Crippen molar-refractivity contribution in [2.24, 2.45) is 0 Å². The molecule has 0 spiro atoms. The summed E-state index contributed by atoms with van der Waals surface area (Å²) in [5, 5.41) is 6.74. The van der Waals surface area contributed by atoms with Gasteiger partial charge in [0.15, 0.2) is 5.58 Å². The van der Waals surface area contributed by atoms with Gasteiger partial charge in [-0.05, 0) is 92.3 Å². The molecular weight excluding hydrogens is 633 g/mol. The van der Waals surface area contributed by atoms with Crippen LogP contribution in [0.5, 0.6) is 0 Å². The quantitative estimate of drug-likeness (QED) is 0.166. The van der Waals surface area contributed by atoms with Gasteiger partial charge in [0.1, 0.15) is 5.52 Å². The van der Waals surface area contributed by atoms with E-state index < -0.39 is 0 Å². The lowest BCUT2D eigenvalue weighted by atomic mass is 9.95. The third-order valence-corrected chi connectivity index (χ3v) is 10.1. The molecule has 0 aliphatic carbocycles. The summed E-state index contributed by atoms with van der Waals surface area (Å²) in [6.07, 6.45) is 0. The summed E-state index contributed by atoms with van der Waals surface area (Å²) in [6, 6.07) is 68.7. The molecule has 0 aliphatic rings. The predicted octanol–water partition coefficient (Wildman–Crippen LogP) is 13.8. The second-order valence-electron chi connectivity index (χ2n) is 13.2. The molecule has 244 valence electrons. The van der Waals surface area contributed by atoms with Crippen molar-refractivity contribution >= 4 is 60.5 Å². The van der Waals surface area contributed by atoms with Crippen LogP contribution in [0, 0.1) is 0 Å². The van der Waals surface area contributed by atoms with Gasteiger partial charge in [-0.2, -0.15) is 0 Å². The molecule has 3 nitrogen and oxygen atoms in total. The number of rotatable bonds is 6. The molecule has 0 fully saturated rings. The monoisotopic (exact) mass is 664 g/mol. The number of anilines is 3. The summed E-state index contributed by atoms with van der Waals surface area (Å²) in [6.45, 7) is 0. The first kappa shape index (κ1) is 29.9. The van der Waals surface area contributed by atoms with Crippen LogP contribution in [-0.4, -0.2) is 4.98 Å². The van der Waals surface area contributed by atoms with Crippen LogP contribution in [0.1, 0.15) is 0 Å². The zero-order valence-corrected chi connectivity index (χ0v) is 28.3. The maximum absolute atomic E-state index is 6.62. The van der Waals surface area contributed by atoms with Gasteiger partial charge < -0.3 is 9.32 Å². The molecule has 1 aromatic heterocycles. The number of hydrogen-bond donors (Lipinski definition) is 0. The van der Waals surface area contributed by atoms with Crippen molar-refractivity contribution < 1.29 is 4.42 Å². The molecule has 0 N–H and O–H groups in total. The smallest absolute Gasteiger partial charge is 0.227 e. The number of aromatic nitrogens is 1. The van der Waals surface area contributed by atoms with Crippen LogP contribution in [0.4, 0.5) is 17.1 Å². The minimum Gasteiger partial charge on any atom is -0.435 e. The van der Waals surface area contributed by atoms with Gasteiger partial charge in [0.05, 0.1) is 0 Å². The first-order chi connectivity index (χ1) is 25.8. The van der Waals surface area contributed by atoms with Crippen molar-refractivity contribution in [3.8, 4) is 33.7 Å². The van der Waals surface area contributed by atoms with Crippen molar-refractivity contribution in [3.05, 3.63) is 194 Å². The summed E-state index contributed by atoms with van der Waals surface area (Å²) in [5.74, 6) is 0.624. The highest BCUT2D eigenvalue weighted by Gasteiger charge is 2.20. The Balaban J connectivity index is 1.22. The van der Waals surface area contributed by atoms with E-state index >= 15 is 0 Å². The molecule has 0 saturated carbocycles. The van der Waals surface area contributed by atoms with Crippen LogP contribution in [-0.2, 0) is 0 Å². The maximum atomic E-state index is 6.62. The molecular formula is C49H32N2O. The van der Waals surface area contributed by atoms with Gasteiger partial charge in [-0.25, -0.2) is 4.98 Å². The minimum absolute atomic E-state index is 0.624. The van der Waals surface area contributed by atoms with E-state index in [1.54, 1.807) is 0 Å². The highest BCUT2D eigenvalue weighted by atomic mass is 16.3. The van der Waals surface area contributed by atoms with Gasteiger partial charge in [-0.15, -0.1) is 0 Å². The van der Waals surface area contributed by atoms with Crippen molar-refractivity contribution in [1.82, 2.24) is 4.98 Å². The predicted molar refractivity (Wildman–Crippen MR) is 218 cm³/mol. The molecule has 0 aliphatic heterocycles. The summed E-state index contributed by atoms with van der Waals surface area (Å²) in [7, 11) is 0. The van der Waals surface area contributed by atoms with Crippen LogP contribution in [0.15, 0.2) is 199 Å². The van der Waals surface area contributed by atoms with E-state index in [4.69, 9.17) is 9.40 Å². The first-order valence-corrected chi connectivity index (χ1v) is 17.6. The molecule has 0 amide bonds. The lowest BCUT2D eigenvalue weighted by Crippen LogP contribution is -2.10. The van der Waals surface area contributed by atoms with E-state index in [0.717, 1.165) is 66.0 Å². The van der Waals surface area contributed by atoms with Gasteiger partial charge in [-0.3, -0.25) is 0 Å². The minimum atomic E-state index is 0.624. The second kappa shape index (κ2) is 12.4. The third-order valence-electron chi connectivity index (χ3n) is 10.1. The van der Waals surface area contributed by atoms with E-state index in [-0.39, 0.29) is 0 Å². The van der Waals surface area contributed by atoms with Gasteiger partial charge in [0.25, 0.3) is 0 Å². The normalized spacial score (nSPS) is 11.5. The van der Waals surface area contributed by atoms with Gasteiger partial charge in [0.2, 0.25) is 5.89 Å². The van der Waals surface area contributed by atoms with Crippen molar-refractivity contribution in [1.29, 1.82) is 0 Å². The molecule has 0 radical (unpaired) electrons. The molecule has 10 rings (SSSR count). The van der Waals surface area contributed by atoms with Gasteiger partial charge in [0, 0.05) is 33.4 Å². The molecule has 3 heteroatoms. The van der Waals surface area contributed by atoms with E-state index in [1.807, 2.05) is 18.2 Å². The average molecular weight is 665 g/mol. The Kier molecular flexibility index (Phi) is 7.14. The summed E-state index contributed by atoms with van der Waals surface area (Å²) < 4.78 is 6.62. The summed E-state index contributed by atoms with van der Waals surface area (Å²) in [5.41, 5.74) is 10.6. The molecule has 0 bridgehead atoms. The number of fused-ring (bicyclic) bond motifs is 8. The van der Waals surface area contributed by atoms with E-state index in [1.165, 1.54) is 22.3 Å². The number of hydrogen-bond acceptors (Lipinski definition) is 3. The molecule has 52 heavy (non-hydrogen) atoms. The highest BCUT2D eigenvalue weighted by molar-refractivity contribution is 6.29. The molecule has 0 unspecified atom stereocenters. The fraction of sp³-hybridized carbons (Fsp3) is 0. The van der Waals surface area contributed by atoms with E-state index in [9.17, 15) is 0 Å². The van der Waals surface area contributed by atoms with E-state index in [0.29, 0.717) is 5.89 Å². The fourth-order valence-corrected chi connectivity index (χ4v) is 7.55. The van der Waals surface area contributed by atoms with Crippen LogP contribution in [0.3, 0.4) is 0 Å². The van der Waals surface area contributed by atoms with Gasteiger partial charge >= 0.3 is 0 Å². The van der Waals surface area contributed by atoms with Crippen LogP contribution >= 0.6 is 0 Å². The molecule has 1 heterocycles. The third kappa shape index (κ3) is 5.10. The summed E-state index contributed by atoms with van der Waals surface area (Å²) in [4.78, 5) is 7.56. The molecule has 10 aromatic rings. The average Bonchev–Trinajstić information content (AvgIpc) is 3.68. The molecule has 9 aromatic carbocycles. The zero-order valence-electron chi connectivity index (χ0n) is 28.3. The largest absolute Gasteiger partial charge is 0.435 e. The number of nitrogens with zero attached hydrogens (tertiary/aromatic N) is 2. The Bertz CT molecular complexity index is 2880. The van der Waals surface area contributed by atoms with Crippen LogP contribution in [0.2, 0.25) is 0 Å². The second-order valence-corrected chi connectivity index (χ2v) is 13.2. The SMILES string of the molecule is c1ccc(-c2ccc(N(c3cccc(-c4ccccc4)c3)c3ccc4ccc5c6ccccc6c6oc(-c7ccccc7)nc6c5c4c3)cc2)cc1. The number of oxazole rings is 1. The van der Waals surface area contributed by atoms with Crippen molar-refractivity contribution in [2.45, 2.75) is 0 Å². The first-order valence-electron chi connectivity index (χ1n) is 17.6. The van der Waals surface area contributed by atoms with E-state index in [2.05, 4.69) is 181 Å². The number of benzene rings is 9. The van der Waals surface area contributed by atoms with Crippen molar-refractivity contribution in [3.63, 3.8) is 0 Å². The zero-order chi connectivity index (χ0) is 34.4. The topological polar surface area (TPSA) is 29.3 Å². The van der Waals surface area contributed by atoms with Crippen LogP contribution in [0.25, 0.3) is 77.1 Å². The lowest BCUT2D eigenvalue weighted by molar-refractivity contribution is 0.623. The molecule has 0 saturated heterocycles. The Morgan fingerprint density at radius 1 is 0.365 bits per heavy atom. The standard InChI is InChI=1S/C49H32N2O/c1-4-13-33(14-5-1)35-23-27-39(28-24-35)51(40-20-12-19-38(31-40)34-15-6-2-7-16-34)41-29-25-36-26-30-43-42-21-10-11-22-44(42)48-47(46(43)45(36)32-41)50-49(52-48)37-17-8-3-9-18-37/h1-32H.